The molecule has 0 saturated heterocycles. The average Bonchev–Trinajstić information content (AvgIpc) is 2.60. The molecule has 0 aromatic heterocycles. The van der Waals surface area contributed by atoms with Gasteiger partial charge in [-0.05, 0) is 54.5 Å². The Morgan fingerprint density at radius 2 is 1.21 bits per heavy atom. The molecular formula is C24H26. The highest BCUT2D eigenvalue weighted by Crippen LogP contribution is 2.38. The summed E-state index contributed by atoms with van der Waals surface area (Å²) >= 11 is 0. The summed E-state index contributed by atoms with van der Waals surface area (Å²) in [5.74, 6) is 0.795. The quantitative estimate of drug-likeness (QED) is 0.512. The molecule has 0 heterocycles. The van der Waals surface area contributed by atoms with Crippen LogP contribution in [0, 0.1) is 20.8 Å². The van der Waals surface area contributed by atoms with Gasteiger partial charge in [0.25, 0.3) is 0 Å². The average molecular weight is 314 g/mol. The largest absolute Gasteiger partial charge is 0.0622 e. The molecular weight excluding hydrogens is 288 g/mol. The number of aryl methyl sites for hydroxylation is 3. The van der Waals surface area contributed by atoms with Crippen LogP contribution in [0.1, 0.15) is 52.1 Å². The topological polar surface area (TPSA) is 0 Å². The molecule has 0 aliphatic heterocycles. The van der Waals surface area contributed by atoms with Crippen LogP contribution >= 0.6 is 0 Å². The molecule has 2 unspecified atom stereocenters. The number of rotatable bonds is 4. The van der Waals surface area contributed by atoms with Crippen molar-refractivity contribution in [3.05, 3.63) is 106 Å². The number of hydrogen-bond acceptors (Lipinski definition) is 0. The molecule has 0 radical (unpaired) electrons. The molecule has 122 valence electrons. The predicted molar refractivity (Wildman–Crippen MR) is 104 cm³/mol. The van der Waals surface area contributed by atoms with Gasteiger partial charge < -0.3 is 0 Å². The number of hydrogen-bond donors (Lipinski definition) is 0. The highest BCUT2D eigenvalue weighted by Gasteiger charge is 2.23. The van der Waals surface area contributed by atoms with Gasteiger partial charge in [0.1, 0.15) is 0 Å². The summed E-state index contributed by atoms with van der Waals surface area (Å²) in [4.78, 5) is 0. The summed E-state index contributed by atoms with van der Waals surface area (Å²) in [5, 5.41) is 0. The third-order valence-electron chi connectivity index (χ3n) is 5.15. The Hall–Kier alpha value is -2.34. The third-order valence-corrected chi connectivity index (χ3v) is 5.15. The molecule has 0 amide bonds. The minimum atomic E-state index is 0.368. The number of benzene rings is 3. The van der Waals surface area contributed by atoms with Crippen LogP contribution in [0.2, 0.25) is 0 Å². The first-order chi connectivity index (χ1) is 11.6. The van der Waals surface area contributed by atoms with Crippen LogP contribution in [0.25, 0.3) is 0 Å². The van der Waals surface area contributed by atoms with Crippen molar-refractivity contribution in [2.24, 2.45) is 0 Å². The maximum Gasteiger partial charge on any atom is 0.0155 e. The van der Waals surface area contributed by atoms with Crippen molar-refractivity contribution in [1.29, 1.82) is 0 Å². The van der Waals surface area contributed by atoms with E-state index < -0.39 is 0 Å². The van der Waals surface area contributed by atoms with Crippen molar-refractivity contribution < 1.29 is 0 Å². The first-order valence-corrected chi connectivity index (χ1v) is 8.75. The Bertz CT molecular complexity index is 797. The zero-order valence-corrected chi connectivity index (χ0v) is 15.1. The highest BCUT2D eigenvalue weighted by molar-refractivity contribution is 5.41. The Kier molecular flexibility index (Phi) is 4.85. The molecule has 0 spiro atoms. The molecule has 24 heavy (non-hydrogen) atoms. The Morgan fingerprint density at radius 1 is 0.583 bits per heavy atom. The van der Waals surface area contributed by atoms with Crippen LogP contribution in [0.15, 0.2) is 72.8 Å². The van der Waals surface area contributed by atoms with E-state index in [0.717, 1.165) is 0 Å². The van der Waals surface area contributed by atoms with E-state index in [-0.39, 0.29) is 0 Å². The lowest BCUT2D eigenvalue weighted by molar-refractivity contribution is 0.657. The molecule has 0 bridgehead atoms. The fourth-order valence-electron chi connectivity index (χ4n) is 3.45. The summed E-state index contributed by atoms with van der Waals surface area (Å²) in [6.07, 6.45) is 0. The van der Waals surface area contributed by atoms with Crippen molar-refractivity contribution >= 4 is 0 Å². The van der Waals surface area contributed by atoms with Crippen molar-refractivity contribution in [2.75, 3.05) is 0 Å². The zero-order valence-electron chi connectivity index (χ0n) is 15.1. The summed E-state index contributed by atoms with van der Waals surface area (Å²) in [5.41, 5.74) is 8.21. The van der Waals surface area contributed by atoms with Crippen molar-refractivity contribution in [3.63, 3.8) is 0 Å². The summed E-state index contributed by atoms with van der Waals surface area (Å²) in [6, 6.07) is 26.8. The highest BCUT2D eigenvalue weighted by atomic mass is 14.3. The standard InChI is InChI=1S/C24H26/c1-17-10-13-22(14-11-17)24(20(4)21-8-6-5-7-9-21)23-15-12-18(2)19(3)16-23/h5-16,20,24H,1-4H3. The van der Waals surface area contributed by atoms with Gasteiger partial charge in [0.15, 0.2) is 0 Å². The molecule has 3 aromatic carbocycles. The maximum absolute atomic E-state index is 2.36. The Morgan fingerprint density at radius 3 is 1.83 bits per heavy atom. The van der Waals surface area contributed by atoms with Gasteiger partial charge in [0, 0.05) is 5.92 Å². The van der Waals surface area contributed by atoms with Crippen LogP contribution in [-0.4, -0.2) is 0 Å². The molecule has 3 rings (SSSR count). The van der Waals surface area contributed by atoms with E-state index in [0.29, 0.717) is 11.8 Å². The summed E-state index contributed by atoms with van der Waals surface area (Å²) < 4.78 is 0. The Balaban J connectivity index is 2.09. The van der Waals surface area contributed by atoms with Gasteiger partial charge >= 0.3 is 0 Å². The van der Waals surface area contributed by atoms with E-state index in [4.69, 9.17) is 0 Å². The van der Waals surface area contributed by atoms with Gasteiger partial charge in [-0.15, -0.1) is 0 Å². The van der Waals surface area contributed by atoms with Crippen LogP contribution in [-0.2, 0) is 0 Å². The van der Waals surface area contributed by atoms with Crippen LogP contribution in [0.5, 0.6) is 0 Å². The zero-order chi connectivity index (χ0) is 17.1. The lowest BCUT2D eigenvalue weighted by atomic mass is 9.77. The van der Waals surface area contributed by atoms with E-state index in [1.165, 1.54) is 33.4 Å². The molecule has 2 atom stereocenters. The SMILES string of the molecule is Cc1ccc(C(c2ccc(C)c(C)c2)C(C)c2ccccc2)cc1. The second-order valence-corrected chi connectivity index (χ2v) is 6.93. The van der Waals surface area contributed by atoms with Crippen molar-refractivity contribution in [3.8, 4) is 0 Å². The molecule has 0 saturated carbocycles. The predicted octanol–water partition coefficient (Wildman–Crippen LogP) is 6.55. The summed E-state index contributed by atoms with van der Waals surface area (Å²) in [6.45, 7) is 8.88. The minimum Gasteiger partial charge on any atom is -0.0622 e. The van der Waals surface area contributed by atoms with E-state index >= 15 is 0 Å². The van der Waals surface area contributed by atoms with Gasteiger partial charge in [-0.1, -0.05) is 85.3 Å². The molecule has 3 aromatic rings. The van der Waals surface area contributed by atoms with Gasteiger partial charge in [0.2, 0.25) is 0 Å². The van der Waals surface area contributed by atoms with Gasteiger partial charge in [0.05, 0.1) is 0 Å². The van der Waals surface area contributed by atoms with Crippen LogP contribution < -0.4 is 0 Å². The summed E-state index contributed by atoms with van der Waals surface area (Å²) in [7, 11) is 0. The fraction of sp³-hybridized carbons (Fsp3) is 0.250. The molecule has 0 nitrogen and oxygen atoms in total. The third kappa shape index (κ3) is 3.43. The molecule has 0 aliphatic rings. The van der Waals surface area contributed by atoms with Crippen LogP contribution in [0.4, 0.5) is 0 Å². The van der Waals surface area contributed by atoms with Gasteiger partial charge in [-0.2, -0.15) is 0 Å². The van der Waals surface area contributed by atoms with Gasteiger partial charge in [-0.3, -0.25) is 0 Å². The molecule has 0 N–H and O–H groups in total. The molecule has 0 heteroatoms. The van der Waals surface area contributed by atoms with Crippen molar-refractivity contribution in [1.82, 2.24) is 0 Å². The first kappa shape index (κ1) is 16.5. The van der Waals surface area contributed by atoms with E-state index in [2.05, 4.69) is 100 Å². The van der Waals surface area contributed by atoms with E-state index in [9.17, 15) is 0 Å². The lowest BCUT2D eigenvalue weighted by Crippen LogP contribution is -2.11. The maximum atomic E-state index is 2.36. The molecule has 0 aliphatic carbocycles. The van der Waals surface area contributed by atoms with E-state index in [1.54, 1.807) is 0 Å². The fourth-order valence-corrected chi connectivity index (χ4v) is 3.45. The smallest absolute Gasteiger partial charge is 0.0155 e. The lowest BCUT2D eigenvalue weighted by Gasteiger charge is -2.26. The monoisotopic (exact) mass is 314 g/mol. The van der Waals surface area contributed by atoms with E-state index in [1.807, 2.05) is 0 Å². The Labute approximate surface area is 146 Å². The second kappa shape index (κ2) is 7.05. The van der Waals surface area contributed by atoms with Gasteiger partial charge in [-0.25, -0.2) is 0 Å². The first-order valence-electron chi connectivity index (χ1n) is 8.75. The minimum absolute atomic E-state index is 0.368. The molecule has 0 fully saturated rings. The normalized spacial score (nSPS) is 13.5. The second-order valence-electron chi connectivity index (χ2n) is 6.93. The van der Waals surface area contributed by atoms with Crippen LogP contribution in [0.3, 0.4) is 0 Å². The van der Waals surface area contributed by atoms with Crippen molar-refractivity contribution in [2.45, 2.75) is 39.5 Å².